The highest BCUT2D eigenvalue weighted by Crippen LogP contribution is 2.25. The van der Waals surface area contributed by atoms with Crippen molar-refractivity contribution in [3.63, 3.8) is 0 Å². The van der Waals surface area contributed by atoms with E-state index in [-0.39, 0.29) is 30.3 Å². The van der Waals surface area contributed by atoms with Crippen LogP contribution in [0, 0.1) is 17.8 Å². The van der Waals surface area contributed by atoms with Crippen molar-refractivity contribution in [2.24, 2.45) is 5.92 Å². The summed E-state index contributed by atoms with van der Waals surface area (Å²) in [6.07, 6.45) is 4.66. The lowest BCUT2D eigenvalue weighted by Crippen LogP contribution is -2.37. The number of carbonyl (C=O) groups excluding carboxylic acids is 1. The number of benzene rings is 1. The van der Waals surface area contributed by atoms with Crippen LogP contribution in [-0.2, 0) is 4.79 Å². The molecule has 3 rings (SSSR count). The molecule has 0 saturated carbocycles. The van der Waals surface area contributed by atoms with Crippen molar-refractivity contribution in [1.82, 2.24) is 9.80 Å². The Hall–Kier alpha value is -1.21. The van der Waals surface area contributed by atoms with Crippen molar-refractivity contribution in [3.05, 3.63) is 34.9 Å². The molecule has 2 heterocycles. The zero-order chi connectivity index (χ0) is 16.2. The Morgan fingerprint density at radius 2 is 1.92 bits per heavy atom. The molecule has 2 fully saturated rings. The van der Waals surface area contributed by atoms with Crippen molar-refractivity contribution in [1.29, 1.82) is 0 Å². The number of halogens is 2. The average Bonchev–Trinajstić information content (AvgIpc) is 2.83. The standard InChI is InChI=1S/C19H23ClN2O.ClH/c1-21-17(10-9-15-7-3-4-8-18(15)20)13-16(19(21)23)14-22-11-5-2-6-12-22;/h3-4,7-8,16-17H,2,5-6,11-14H2,1H3;1H/t16-,17-;/m1./s1. The molecular weight excluding hydrogens is 343 g/mol. The second-order valence-electron chi connectivity index (χ2n) is 6.51. The van der Waals surface area contributed by atoms with E-state index >= 15 is 0 Å². The second kappa shape index (κ2) is 8.76. The number of carbonyl (C=O) groups is 1. The van der Waals surface area contributed by atoms with Gasteiger partial charge >= 0.3 is 0 Å². The predicted molar refractivity (Wildman–Crippen MR) is 101 cm³/mol. The predicted octanol–water partition coefficient (Wildman–Crippen LogP) is 3.45. The van der Waals surface area contributed by atoms with Crippen molar-refractivity contribution < 1.29 is 4.79 Å². The number of piperidine rings is 1. The van der Waals surface area contributed by atoms with Crippen LogP contribution in [0.4, 0.5) is 0 Å². The molecule has 5 heteroatoms. The molecule has 2 aliphatic heterocycles. The van der Waals surface area contributed by atoms with Gasteiger partial charge in [0, 0.05) is 19.2 Å². The van der Waals surface area contributed by atoms with Crippen LogP contribution in [0.5, 0.6) is 0 Å². The van der Waals surface area contributed by atoms with Gasteiger partial charge in [-0.25, -0.2) is 0 Å². The van der Waals surface area contributed by atoms with Crippen molar-refractivity contribution in [3.8, 4) is 11.8 Å². The first-order chi connectivity index (χ1) is 11.1. The van der Waals surface area contributed by atoms with Crippen LogP contribution < -0.4 is 0 Å². The molecule has 0 unspecified atom stereocenters. The van der Waals surface area contributed by atoms with E-state index in [4.69, 9.17) is 11.6 Å². The Kier molecular flexibility index (Phi) is 6.98. The third kappa shape index (κ3) is 4.45. The Balaban J connectivity index is 0.00000208. The van der Waals surface area contributed by atoms with Gasteiger partial charge in [0.1, 0.15) is 0 Å². The first-order valence-electron chi connectivity index (χ1n) is 8.40. The lowest BCUT2D eigenvalue weighted by molar-refractivity contribution is -0.130. The Labute approximate surface area is 155 Å². The Morgan fingerprint density at radius 3 is 2.62 bits per heavy atom. The van der Waals surface area contributed by atoms with Crippen LogP contribution in [0.15, 0.2) is 24.3 Å². The lowest BCUT2D eigenvalue weighted by Gasteiger charge is -2.28. The molecule has 2 aliphatic rings. The summed E-state index contributed by atoms with van der Waals surface area (Å²) < 4.78 is 0. The summed E-state index contributed by atoms with van der Waals surface area (Å²) in [5.41, 5.74) is 0.828. The number of amides is 1. The zero-order valence-electron chi connectivity index (χ0n) is 14.0. The number of rotatable bonds is 2. The number of nitrogens with zero attached hydrogens (tertiary/aromatic N) is 2. The van der Waals surface area contributed by atoms with Crippen LogP contribution in [-0.4, -0.2) is 48.4 Å². The van der Waals surface area contributed by atoms with Crippen LogP contribution >= 0.6 is 24.0 Å². The normalized spacial score (nSPS) is 24.2. The van der Waals surface area contributed by atoms with Crippen LogP contribution in [0.2, 0.25) is 5.02 Å². The average molecular weight is 367 g/mol. The summed E-state index contributed by atoms with van der Waals surface area (Å²) in [4.78, 5) is 16.7. The summed E-state index contributed by atoms with van der Waals surface area (Å²) in [5, 5.41) is 0.664. The second-order valence-corrected chi connectivity index (χ2v) is 6.92. The molecule has 2 atom stereocenters. The maximum Gasteiger partial charge on any atom is 0.227 e. The molecule has 24 heavy (non-hydrogen) atoms. The van der Waals surface area contributed by atoms with Crippen LogP contribution in [0.3, 0.4) is 0 Å². The molecule has 1 aromatic carbocycles. The molecule has 130 valence electrons. The first-order valence-corrected chi connectivity index (χ1v) is 8.78. The minimum Gasteiger partial charge on any atom is -0.332 e. The molecule has 0 aliphatic carbocycles. The fourth-order valence-electron chi connectivity index (χ4n) is 3.46. The van der Waals surface area contributed by atoms with Crippen LogP contribution in [0.1, 0.15) is 31.2 Å². The number of likely N-dealkylation sites (tertiary alicyclic amines) is 2. The minimum atomic E-state index is -0.00596. The quantitative estimate of drug-likeness (QED) is 0.748. The molecular formula is C19H24Cl2N2O. The summed E-state index contributed by atoms with van der Waals surface area (Å²) in [6.45, 7) is 3.14. The number of hydrogen-bond acceptors (Lipinski definition) is 2. The molecule has 3 nitrogen and oxygen atoms in total. The molecule has 0 spiro atoms. The molecule has 1 amide bonds. The molecule has 1 aromatic rings. The van der Waals surface area contributed by atoms with Gasteiger partial charge in [-0.05, 0) is 44.5 Å². The highest BCUT2D eigenvalue weighted by atomic mass is 35.5. The smallest absolute Gasteiger partial charge is 0.227 e. The van der Waals surface area contributed by atoms with Gasteiger partial charge in [0.15, 0.2) is 0 Å². The molecule has 0 radical (unpaired) electrons. The van der Waals surface area contributed by atoms with Gasteiger partial charge in [0.2, 0.25) is 5.91 Å². The van der Waals surface area contributed by atoms with Crippen molar-refractivity contribution in [2.75, 3.05) is 26.7 Å². The van der Waals surface area contributed by atoms with E-state index in [1.54, 1.807) is 4.90 Å². The van der Waals surface area contributed by atoms with Gasteiger partial charge < -0.3 is 9.80 Å². The third-order valence-corrected chi connectivity index (χ3v) is 5.18. The van der Waals surface area contributed by atoms with Crippen molar-refractivity contribution in [2.45, 2.75) is 31.7 Å². The van der Waals surface area contributed by atoms with Gasteiger partial charge in [-0.15, -0.1) is 12.4 Å². The monoisotopic (exact) mass is 366 g/mol. The van der Waals surface area contributed by atoms with Gasteiger partial charge in [-0.2, -0.15) is 0 Å². The van der Waals surface area contributed by atoms with Gasteiger partial charge in [-0.3, -0.25) is 4.79 Å². The van der Waals surface area contributed by atoms with E-state index in [0.717, 1.165) is 31.6 Å². The molecule has 2 saturated heterocycles. The molecule has 0 aromatic heterocycles. The fraction of sp³-hybridized carbons (Fsp3) is 0.526. The number of hydrogen-bond donors (Lipinski definition) is 0. The molecule has 0 N–H and O–H groups in total. The fourth-order valence-corrected chi connectivity index (χ4v) is 3.64. The topological polar surface area (TPSA) is 23.6 Å². The van der Waals surface area contributed by atoms with Crippen molar-refractivity contribution >= 4 is 29.9 Å². The highest BCUT2D eigenvalue weighted by Gasteiger charge is 2.37. The largest absolute Gasteiger partial charge is 0.332 e. The van der Waals surface area contributed by atoms with E-state index in [9.17, 15) is 4.79 Å². The van der Waals surface area contributed by atoms with Gasteiger partial charge in [0.05, 0.1) is 17.0 Å². The first kappa shape index (κ1) is 19.1. The van der Waals surface area contributed by atoms with Crippen LogP contribution in [0.25, 0.3) is 0 Å². The van der Waals surface area contributed by atoms with E-state index in [1.807, 2.05) is 31.3 Å². The Morgan fingerprint density at radius 1 is 1.21 bits per heavy atom. The summed E-state index contributed by atoms with van der Waals surface area (Å²) in [6, 6.07) is 7.57. The van der Waals surface area contributed by atoms with E-state index in [0.29, 0.717) is 5.02 Å². The van der Waals surface area contributed by atoms with E-state index in [1.165, 1.54) is 19.3 Å². The van der Waals surface area contributed by atoms with Gasteiger partial charge in [0.25, 0.3) is 0 Å². The summed E-state index contributed by atoms with van der Waals surface area (Å²) in [5.74, 6) is 6.70. The zero-order valence-corrected chi connectivity index (χ0v) is 15.6. The summed E-state index contributed by atoms with van der Waals surface area (Å²) >= 11 is 6.14. The maximum atomic E-state index is 12.5. The van der Waals surface area contributed by atoms with E-state index in [2.05, 4.69) is 16.7 Å². The highest BCUT2D eigenvalue weighted by molar-refractivity contribution is 6.31. The SMILES string of the molecule is CN1C(=O)[C@@H](CN2CCCCC2)C[C@H]1C#Cc1ccccc1Cl.Cl. The maximum absolute atomic E-state index is 12.5. The summed E-state index contributed by atoms with van der Waals surface area (Å²) in [7, 11) is 1.87. The third-order valence-electron chi connectivity index (χ3n) is 4.85. The lowest BCUT2D eigenvalue weighted by atomic mass is 10.0. The minimum absolute atomic E-state index is 0. The van der Waals surface area contributed by atoms with Gasteiger partial charge in [-0.1, -0.05) is 42.0 Å². The molecule has 0 bridgehead atoms. The Bertz CT molecular complexity index is 632. The van der Waals surface area contributed by atoms with E-state index < -0.39 is 0 Å².